The van der Waals surface area contributed by atoms with Gasteiger partial charge in [0, 0.05) is 44.7 Å². The van der Waals surface area contributed by atoms with Crippen LogP contribution in [0.4, 0.5) is 23.7 Å². The van der Waals surface area contributed by atoms with Gasteiger partial charge in [-0.3, -0.25) is 4.79 Å². The highest BCUT2D eigenvalue weighted by atomic mass is 19.4. The number of alkyl halides is 3. The number of anilines is 1. The van der Waals surface area contributed by atoms with Crippen molar-refractivity contribution in [2.45, 2.75) is 58.2 Å². The number of benzene rings is 1. The summed E-state index contributed by atoms with van der Waals surface area (Å²) in [5, 5.41) is 20.2. The average molecular weight is 527 g/mol. The van der Waals surface area contributed by atoms with E-state index in [1.54, 1.807) is 22.7 Å². The monoisotopic (exact) mass is 526 g/mol. The predicted molar refractivity (Wildman–Crippen MR) is 128 cm³/mol. The molecule has 0 radical (unpaired) electrons. The topological polar surface area (TPSA) is 113 Å². The Labute approximate surface area is 213 Å². The van der Waals surface area contributed by atoms with E-state index in [-0.39, 0.29) is 43.7 Å². The number of rotatable bonds is 5. The molecule has 2 N–H and O–H groups in total. The fraction of sp³-hybridized carbons (Fsp3) is 0.583. The van der Waals surface area contributed by atoms with Gasteiger partial charge in [0.05, 0.1) is 42.8 Å². The van der Waals surface area contributed by atoms with E-state index in [1.807, 2.05) is 6.92 Å². The Morgan fingerprint density at radius 3 is 2.84 bits per heavy atom. The van der Waals surface area contributed by atoms with Gasteiger partial charge >= 0.3 is 12.2 Å². The summed E-state index contributed by atoms with van der Waals surface area (Å²) in [6.45, 7) is 4.50. The van der Waals surface area contributed by atoms with E-state index >= 15 is 0 Å². The summed E-state index contributed by atoms with van der Waals surface area (Å²) in [5.74, 6) is -0.351. The Bertz CT molecular complexity index is 1060. The van der Waals surface area contributed by atoms with E-state index in [2.05, 4.69) is 15.6 Å². The Kier molecular flexibility index (Phi) is 9.49. The molecule has 13 heteroatoms. The molecule has 0 saturated carbocycles. The second-order valence-corrected chi connectivity index (χ2v) is 9.35. The van der Waals surface area contributed by atoms with Crippen LogP contribution in [0.5, 0.6) is 0 Å². The highest BCUT2D eigenvalue weighted by Gasteiger charge is 2.31. The molecule has 3 amide bonds. The third kappa shape index (κ3) is 7.65. The molecule has 3 rings (SSSR count). The number of halogens is 3. The first-order valence-electron chi connectivity index (χ1n) is 12.1. The Balaban J connectivity index is 1.77. The van der Waals surface area contributed by atoms with Gasteiger partial charge in [0.2, 0.25) is 5.91 Å². The third-order valence-electron chi connectivity index (χ3n) is 6.38. The van der Waals surface area contributed by atoms with Gasteiger partial charge in [-0.05, 0) is 31.5 Å². The summed E-state index contributed by atoms with van der Waals surface area (Å²) in [5.41, 5.74) is -0.123. The van der Waals surface area contributed by atoms with Crippen LogP contribution in [0.2, 0.25) is 0 Å². The van der Waals surface area contributed by atoms with Crippen LogP contribution in [0.15, 0.2) is 30.5 Å². The predicted octanol–water partition coefficient (Wildman–Crippen LogP) is 2.99. The van der Waals surface area contributed by atoms with Crippen LogP contribution in [0.1, 0.15) is 37.9 Å². The van der Waals surface area contributed by atoms with Crippen LogP contribution < -0.4 is 5.32 Å². The number of aromatic nitrogens is 3. The van der Waals surface area contributed by atoms with Crippen molar-refractivity contribution in [2.75, 3.05) is 32.1 Å². The number of hydrogen-bond donors (Lipinski definition) is 2. The largest absolute Gasteiger partial charge is 0.416 e. The number of nitrogens with zero attached hydrogens (tertiary/aromatic N) is 5. The lowest BCUT2D eigenvalue weighted by molar-refractivity contribution is -0.137. The molecule has 0 saturated heterocycles. The standard InChI is InChI=1S/C24H33F3N6O4/c1-16-12-32(17(2)14-34)22(35)8-5-9-33-20(11-28-30-33)15-37-21(16)13-31(3)23(36)29-19-7-4-6-18(10-19)24(25,26)27/h4,6-7,10-11,16-17,21,34H,5,8-9,12-15H2,1-3H3,(H,29,36)/t16-,17+,21+/m0/s1. The average Bonchev–Trinajstić information content (AvgIpc) is 3.30. The fourth-order valence-corrected chi connectivity index (χ4v) is 4.09. The quantitative estimate of drug-likeness (QED) is 0.620. The summed E-state index contributed by atoms with van der Waals surface area (Å²) in [4.78, 5) is 28.7. The van der Waals surface area contributed by atoms with Gasteiger partial charge < -0.3 is 25.0 Å². The van der Waals surface area contributed by atoms with E-state index in [4.69, 9.17) is 4.74 Å². The van der Waals surface area contributed by atoms with Gasteiger partial charge in [-0.2, -0.15) is 13.2 Å². The van der Waals surface area contributed by atoms with Gasteiger partial charge in [-0.15, -0.1) is 5.10 Å². The summed E-state index contributed by atoms with van der Waals surface area (Å²) in [6.07, 6.45) is -2.65. The van der Waals surface area contributed by atoms with Crippen LogP contribution >= 0.6 is 0 Å². The highest BCUT2D eigenvalue weighted by molar-refractivity contribution is 5.89. The maximum atomic E-state index is 13.0. The van der Waals surface area contributed by atoms with Crippen molar-refractivity contribution in [3.63, 3.8) is 0 Å². The van der Waals surface area contributed by atoms with Crippen molar-refractivity contribution in [3.05, 3.63) is 41.7 Å². The maximum absolute atomic E-state index is 13.0. The molecule has 1 aliphatic heterocycles. The number of fused-ring (bicyclic) bond motifs is 1. The molecule has 1 aromatic heterocycles. The van der Waals surface area contributed by atoms with Crippen molar-refractivity contribution in [3.8, 4) is 0 Å². The molecule has 0 aliphatic carbocycles. The van der Waals surface area contributed by atoms with Crippen molar-refractivity contribution in [1.82, 2.24) is 24.8 Å². The van der Waals surface area contributed by atoms with Crippen molar-refractivity contribution in [1.29, 1.82) is 0 Å². The maximum Gasteiger partial charge on any atom is 0.416 e. The van der Waals surface area contributed by atoms with Crippen LogP contribution in [0, 0.1) is 5.92 Å². The molecular weight excluding hydrogens is 493 g/mol. The Morgan fingerprint density at radius 1 is 1.38 bits per heavy atom. The Hall–Kier alpha value is -3.19. The van der Waals surface area contributed by atoms with Crippen LogP contribution in [-0.4, -0.2) is 80.7 Å². The number of aliphatic hydroxyl groups excluding tert-OH is 1. The highest BCUT2D eigenvalue weighted by Crippen LogP contribution is 2.30. The second kappa shape index (κ2) is 12.4. The van der Waals surface area contributed by atoms with Crippen molar-refractivity contribution in [2.24, 2.45) is 5.92 Å². The smallest absolute Gasteiger partial charge is 0.394 e. The molecule has 3 atom stereocenters. The first kappa shape index (κ1) is 28.4. The van der Waals surface area contributed by atoms with Gasteiger partial charge in [0.15, 0.2) is 0 Å². The van der Waals surface area contributed by atoms with E-state index in [9.17, 15) is 27.9 Å². The van der Waals surface area contributed by atoms with E-state index in [0.29, 0.717) is 19.5 Å². The van der Waals surface area contributed by atoms with Crippen LogP contribution in [0.3, 0.4) is 0 Å². The number of carbonyl (C=O) groups is 2. The van der Waals surface area contributed by atoms with Gasteiger partial charge in [-0.1, -0.05) is 18.2 Å². The normalized spacial score (nSPS) is 20.4. The Morgan fingerprint density at radius 2 is 2.14 bits per heavy atom. The molecule has 204 valence electrons. The molecule has 0 fully saturated rings. The number of aliphatic hydroxyl groups is 1. The van der Waals surface area contributed by atoms with Crippen molar-refractivity contribution >= 4 is 17.6 Å². The van der Waals surface area contributed by atoms with E-state index in [1.165, 1.54) is 24.1 Å². The molecule has 2 heterocycles. The minimum atomic E-state index is -4.53. The lowest BCUT2D eigenvalue weighted by Crippen LogP contribution is -2.48. The van der Waals surface area contributed by atoms with Gasteiger partial charge in [-0.25, -0.2) is 9.48 Å². The number of aryl methyl sites for hydroxylation is 1. The molecule has 1 aliphatic rings. The zero-order valence-corrected chi connectivity index (χ0v) is 21.1. The zero-order chi connectivity index (χ0) is 27.2. The second-order valence-electron chi connectivity index (χ2n) is 9.35. The number of carbonyl (C=O) groups excluding carboxylic acids is 2. The number of hydrogen-bond acceptors (Lipinski definition) is 6. The SMILES string of the molecule is C[C@H](CO)N1C[C@H](C)[C@@H](CN(C)C(=O)Nc2cccc(C(F)(F)F)c2)OCc2cnnn2CCCC1=O. The van der Waals surface area contributed by atoms with Crippen LogP contribution in [-0.2, 0) is 28.9 Å². The van der Waals surface area contributed by atoms with Crippen LogP contribution in [0.25, 0.3) is 0 Å². The summed E-state index contributed by atoms with van der Waals surface area (Å²) in [7, 11) is 1.51. The molecule has 0 spiro atoms. The minimum absolute atomic E-state index is 0.0165. The number of likely N-dealkylation sites (N-methyl/N-ethyl adjacent to an activating group) is 1. The summed E-state index contributed by atoms with van der Waals surface area (Å²) >= 11 is 0. The molecule has 0 unspecified atom stereocenters. The third-order valence-corrected chi connectivity index (χ3v) is 6.38. The minimum Gasteiger partial charge on any atom is -0.394 e. The van der Waals surface area contributed by atoms with E-state index in [0.717, 1.165) is 17.8 Å². The van der Waals surface area contributed by atoms with Gasteiger partial charge in [0.25, 0.3) is 0 Å². The molecule has 0 bridgehead atoms. The first-order chi connectivity index (χ1) is 17.5. The first-order valence-corrected chi connectivity index (χ1v) is 12.1. The van der Waals surface area contributed by atoms with E-state index < -0.39 is 29.9 Å². The zero-order valence-electron chi connectivity index (χ0n) is 21.1. The molecule has 37 heavy (non-hydrogen) atoms. The summed E-state index contributed by atoms with van der Waals surface area (Å²) in [6, 6.07) is 3.40. The number of nitrogens with one attached hydrogen (secondary N) is 1. The lowest BCUT2D eigenvalue weighted by Gasteiger charge is -2.35. The fourth-order valence-electron chi connectivity index (χ4n) is 4.09. The molecular formula is C24H33F3N6O4. The molecule has 10 nitrogen and oxygen atoms in total. The van der Waals surface area contributed by atoms with Crippen molar-refractivity contribution < 1.29 is 32.6 Å². The molecule has 2 aromatic rings. The number of urea groups is 1. The molecule has 1 aromatic carbocycles. The van der Waals surface area contributed by atoms with Gasteiger partial charge in [0.1, 0.15) is 0 Å². The lowest BCUT2D eigenvalue weighted by atomic mass is 10.0. The summed E-state index contributed by atoms with van der Waals surface area (Å²) < 4.78 is 46.9. The number of ether oxygens (including phenoxy) is 1. The number of amides is 3.